The highest BCUT2D eigenvalue weighted by molar-refractivity contribution is 5.10. The third-order valence-electron chi connectivity index (χ3n) is 0.697. The summed E-state index contributed by atoms with van der Waals surface area (Å²) in [5, 5.41) is 0. The Bertz CT molecular complexity index is 33.9. The zero-order chi connectivity index (χ0) is 7.54. The number of carbonyl (C=O) groups excluding carboxylic acids is 1. The minimum absolute atomic E-state index is 0.924. The van der Waals surface area contributed by atoms with Crippen molar-refractivity contribution >= 4 is 6.79 Å². The lowest BCUT2D eigenvalue weighted by atomic mass is 10.5. The van der Waals surface area contributed by atoms with Gasteiger partial charge in [0.1, 0.15) is 6.79 Å². The van der Waals surface area contributed by atoms with E-state index in [1.807, 2.05) is 6.79 Å². The van der Waals surface area contributed by atoms with Crippen molar-refractivity contribution in [1.82, 2.24) is 0 Å². The second kappa shape index (κ2) is 15.6. The van der Waals surface area contributed by atoms with Crippen LogP contribution >= 0.6 is 0 Å². The fraction of sp³-hybridized carbons (Fsp3) is 0.857. The molecule has 2 nitrogen and oxygen atoms in total. The molecular formula is C7H16O2. The molecule has 0 aromatic heterocycles. The molecule has 0 spiro atoms. The summed E-state index contributed by atoms with van der Waals surface area (Å²) in [5.74, 6) is 0. The SMILES string of the molecule is C=O.CCCOCCC. The lowest BCUT2D eigenvalue weighted by molar-refractivity contribution is -0.0979. The molecule has 0 aliphatic heterocycles. The lowest BCUT2D eigenvalue weighted by Gasteiger charge is -1.95. The van der Waals surface area contributed by atoms with Crippen LogP contribution in [-0.4, -0.2) is 20.0 Å². The van der Waals surface area contributed by atoms with Crippen LogP contribution < -0.4 is 0 Å². The fourth-order valence-corrected chi connectivity index (χ4v) is 0.391. The Morgan fingerprint density at radius 2 is 1.44 bits per heavy atom. The maximum atomic E-state index is 8.00. The number of carbonyl (C=O) groups is 1. The molecule has 0 aliphatic rings. The van der Waals surface area contributed by atoms with Gasteiger partial charge >= 0.3 is 0 Å². The van der Waals surface area contributed by atoms with E-state index in [2.05, 4.69) is 13.8 Å². The van der Waals surface area contributed by atoms with Crippen LogP contribution in [0, 0.1) is 0 Å². The summed E-state index contributed by atoms with van der Waals surface area (Å²) in [7, 11) is 0. The highest BCUT2D eigenvalue weighted by Gasteiger charge is 1.77. The molecule has 0 heterocycles. The van der Waals surface area contributed by atoms with Gasteiger partial charge in [-0.2, -0.15) is 0 Å². The Hall–Kier alpha value is -0.370. The Labute approximate surface area is 57.2 Å². The molecule has 0 fully saturated rings. The summed E-state index contributed by atoms with van der Waals surface area (Å²) in [6.07, 6.45) is 2.28. The predicted molar refractivity (Wildman–Crippen MR) is 38.5 cm³/mol. The monoisotopic (exact) mass is 132 g/mol. The Morgan fingerprint density at radius 3 is 1.67 bits per heavy atom. The second-order valence-electron chi connectivity index (χ2n) is 1.61. The molecule has 0 saturated carbocycles. The number of rotatable bonds is 4. The normalized spacial score (nSPS) is 7.78. The highest BCUT2D eigenvalue weighted by Crippen LogP contribution is 1.81. The van der Waals surface area contributed by atoms with Gasteiger partial charge < -0.3 is 9.53 Å². The first-order valence-electron chi connectivity index (χ1n) is 3.28. The highest BCUT2D eigenvalue weighted by atomic mass is 16.5. The van der Waals surface area contributed by atoms with Gasteiger partial charge in [0.05, 0.1) is 0 Å². The van der Waals surface area contributed by atoms with Crippen molar-refractivity contribution in [3.63, 3.8) is 0 Å². The minimum atomic E-state index is 0.924. The standard InChI is InChI=1S/C6H14O.CH2O/c1-3-5-7-6-4-2;1-2/h3-6H2,1-2H3;1H2. The summed E-state index contributed by atoms with van der Waals surface area (Å²) in [6, 6.07) is 0. The van der Waals surface area contributed by atoms with Gasteiger partial charge in [-0.3, -0.25) is 0 Å². The summed E-state index contributed by atoms with van der Waals surface area (Å²) in [5.41, 5.74) is 0. The van der Waals surface area contributed by atoms with Gasteiger partial charge in [0, 0.05) is 13.2 Å². The van der Waals surface area contributed by atoms with Crippen LogP contribution in [-0.2, 0) is 9.53 Å². The molecule has 0 bridgehead atoms. The summed E-state index contributed by atoms with van der Waals surface area (Å²) < 4.78 is 5.13. The molecule has 0 atom stereocenters. The van der Waals surface area contributed by atoms with Gasteiger partial charge in [-0.1, -0.05) is 13.8 Å². The quantitative estimate of drug-likeness (QED) is 0.543. The van der Waals surface area contributed by atoms with E-state index in [9.17, 15) is 0 Å². The summed E-state index contributed by atoms with van der Waals surface area (Å²) >= 11 is 0. The maximum absolute atomic E-state index is 8.00. The molecule has 9 heavy (non-hydrogen) atoms. The van der Waals surface area contributed by atoms with Crippen molar-refractivity contribution in [2.45, 2.75) is 26.7 Å². The topological polar surface area (TPSA) is 26.3 Å². The zero-order valence-corrected chi connectivity index (χ0v) is 6.35. The van der Waals surface area contributed by atoms with E-state index in [0.29, 0.717) is 0 Å². The maximum Gasteiger partial charge on any atom is 0.106 e. The van der Waals surface area contributed by atoms with Gasteiger partial charge in [-0.05, 0) is 12.8 Å². The van der Waals surface area contributed by atoms with Crippen molar-refractivity contribution in [3.8, 4) is 0 Å². The van der Waals surface area contributed by atoms with E-state index >= 15 is 0 Å². The van der Waals surface area contributed by atoms with E-state index in [1.165, 1.54) is 0 Å². The first-order valence-corrected chi connectivity index (χ1v) is 3.28. The van der Waals surface area contributed by atoms with E-state index in [0.717, 1.165) is 26.1 Å². The van der Waals surface area contributed by atoms with Crippen molar-refractivity contribution < 1.29 is 9.53 Å². The summed E-state index contributed by atoms with van der Waals surface area (Å²) in [6.45, 7) is 8.09. The number of ether oxygens (including phenoxy) is 1. The first-order chi connectivity index (χ1) is 4.41. The van der Waals surface area contributed by atoms with E-state index < -0.39 is 0 Å². The molecule has 56 valence electrons. The fourth-order valence-electron chi connectivity index (χ4n) is 0.391. The van der Waals surface area contributed by atoms with Gasteiger partial charge in [0.2, 0.25) is 0 Å². The van der Waals surface area contributed by atoms with E-state index in [1.54, 1.807) is 0 Å². The molecule has 0 aromatic carbocycles. The summed E-state index contributed by atoms with van der Waals surface area (Å²) in [4.78, 5) is 8.00. The molecule has 0 aromatic rings. The van der Waals surface area contributed by atoms with Crippen LogP contribution in [0.15, 0.2) is 0 Å². The molecule has 0 saturated heterocycles. The molecule has 0 amide bonds. The van der Waals surface area contributed by atoms with E-state index in [-0.39, 0.29) is 0 Å². The number of hydrogen-bond acceptors (Lipinski definition) is 2. The van der Waals surface area contributed by atoms with Crippen LogP contribution in [0.25, 0.3) is 0 Å². The Morgan fingerprint density at radius 1 is 1.11 bits per heavy atom. The molecular weight excluding hydrogens is 116 g/mol. The third-order valence-corrected chi connectivity index (χ3v) is 0.697. The van der Waals surface area contributed by atoms with Crippen LogP contribution in [0.1, 0.15) is 26.7 Å². The van der Waals surface area contributed by atoms with E-state index in [4.69, 9.17) is 9.53 Å². The van der Waals surface area contributed by atoms with Crippen LogP contribution in [0.4, 0.5) is 0 Å². The Kier molecular flexibility index (Phi) is 19.9. The molecule has 0 unspecified atom stereocenters. The average Bonchev–Trinajstić information content (AvgIpc) is 1.94. The van der Waals surface area contributed by atoms with Gasteiger partial charge in [-0.15, -0.1) is 0 Å². The minimum Gasteiger partial charge on any atom is -0.381 e. The largest absolute Gasteiger partial charge is 0.381 e. The third kappa shape index (κ3) is 18.4. The predicted octanol–water partition coefficient (Wildman–Crippen LogP) is 1.64. The van der Waals surface area contributed by atoms with Crippen LogP contribution in [0.2, 0.25) is 0 Å². The smallest absolute Gasteiger partial charge is 0.106 e. The van der Waals surface area contributed by atoms with Crippen molar-refractivity contribution in [2.75, 3.05) is 13.2 Å². The molecule has 0 aliphatic carbocycles. The number of hydrogen-bond donors (Lipinski definition) is 0. The molecule has 0 radical (unpaired) electrons. The van der Waals surface area contributed by atoms with Crippen LogP contribution in [0.3, 0.4) is 0 Å². The Balaban J connectivity index is 0. The zero-order valence-electron chi connectivity index (χ0n) is 6.35. The van der Waals surface area contributed by atoms with Gasteiger partial charge in [-0.25, -0.2) is 0 Å². The molecule has 0 rings (SSSR count). The molecule has 2 heteroatoms. The van der Waals surface area contributed by atoms with Gasteiger partial charge in [0.25, 0.3) is 0 Å². The lowest BCUT2D eigenvalue weighted by Crippen LogP contribution is -1.92. The second-order valence-corrected chi connectivity index (χ2v) is 1.61. The van der Waals surface area contributed by atoms with Gasteiger partial charge in [0.15, 0.2) is 0 Å². The first kappa shape index (κ1) is 11.4. The van der Waals surface area contributed by atoms with Crippen molar-refractivity contribution in [2.24, 2.45) is 0 Å². The van der Waals surface area contributed by atoms with Crippen LogP contribution in [0.5, 0.6) is 0 Å². The van der Waals surface area contributed by atoms with Crippen molar-refractivity contribution in [3.05, 3.63) is 0 Å². The average molecular weight is 132 g/mol. The van der Waals surface area contributed by atoms with Crippen molar-refractivity contribution in [1.29, 1.82) is 0 Å². The molecule has 0 N–H and O–H groups in total.